The standard InChI is InChI=1S/C12H18N2O2.ClH/c15-11(12-5-3-7-16-12)9-13-8-10-4-1-2-6-14-10;/h3,5,7,10,13-14H,1-2,4,6,8-9H2;1H. The van der Waals surface area contributed by atoms with E-state index in [4.69, 9.17) is 4.42 Å². The van der Waals surface area contributed by atoms with E-state index in [-0.39, 0.29) is 18.2 Å². The molecule has 1 unspecified atom stereocenters. The Morgan fingerprint density at radius 2 is 2.41 bits per heavy atom. The minimum absolute atomic E-state index is 0. The maximum Gasteiger partial charge on any atom is 0.211 e. The fraction of sp³-hybridized carbons (Fsp3) is 0.583. The molecule has 1 aromatic rings. The van der Waals surface area contributed by atoms with Gasteiger partial charge < -0.3 is 15.1 Å². The summed E-state index contributed by atoms with van der Waals surface area (Å²) in [6, 6.07) is 3.94. The van der Waals surface area contributed by atoms with Gasteiger partial charge in [0.05, 0.1) is 12.8 Å². The lowest BCUT2D eigenvalue weighted by Crippen LogP contribution is -2.42. The molecule has 1 aliphatic heterocycles. The number of rotatable bonds is 5. The summed E-state index contributed by atoms with van der Waals surface area (Å²) < 4.78 is 5.03. The number of piperidine rings is 1. The number of hydrogen-bond donors (Lipinski definition) is 2. The Balaban J connectivity index is 0.00000144. The smallest absolute Gasteiger partial charge is 0.211 e. The molecular weight excluding hydrogens is 240 g/mol. The number of hydrogen-bond acceptors (Lipinski definition) is 4. The van der Waals surface area contributed by atoms with Crippen molar-refractivity contribution in [2.45, 2.75) is 25.3 Å². The number of Topliss-reactive ketones (excluding diaryl/α,β-unsaturated/α-hetero) is 1. The van der Waals surface area contributed by atoms with Crippen LogP contribution >= 0.6 is 12.4 Å². The van der Waals surface area contributed by atoms with Crippen LogP contribution in [0.5, 0.6) is 0 Å². The topological polar surface area (TPSA) is 54.3 Å². The third-order valence-electron chi connectivity index (χ3n) is 2.88. The molecule has 0 spiro atoms. The first-order valence-electron chi connectivity index (χ1n) is 5.87. The van der Waals surface area contributed by atoms with Crippen LogP contribution in [-0.2, 0) is 0 Å². The highest BCUT2D eigenvalue weighted by atomic mass is 35.5. The molecule has 17 heavy (non-hydrogen) atoms. The first-order chi connectivity index (χ1) is 7.86. The van der Waals surface area contributed by atoms with Crippen LogP contribution in [0.15, 0.2) is 22.8 Å². The Labute approximate surface area is 108 Å². The number of furan rings is 1. The summed E-state index contributed by atoms with van der Waals surface area (Å²) in [6.07, 6.45) is 5.27. The SMILES string of the molecule is Cl.O=C(CNCC1CCCCN1)c1ccco1. The zero-order valence-electron chi connectivity index (χ0n) is 9.78. The molecule has 2 heterocycles. The Bertz CT molecular complexity index is 321. The van der Waals surface area contributed by atoms with Crippen LogP contribution < -0.4 is 10.6 Å². The minimum atomic E-state index is 0. The molecule has 2 rings (SSSR count). The molecule has 1 aliphatic rings. The quantitative estimate of drug-likeness (QED) is 0.788. The van der Waals surface area contributed by atoms with E-state index in [1.165, 1.54) is 25.5 Å². The molecule has 5 heteroatoms. The molecular formula is C12H19ClN2O2. The Morgan fingerprint density at radius 3 is 3.06 bits per heavy atom. The lowest BCUT2D eigenvalue weighted by molar-refractivity contribution is 0.0963. The van der Waals surface area contributed by atoms with Gasteiger partial charge in [-0.25, -0.2) is 0 Å². The van der Waals surface area contributed by atoms with Crippen LogP contribution in [0.1, 0.15) is 29.8 Å². The van der Waals surface area contributed by atoms with Gasteiger partial charge in [-0.3, -0.25) is 4.79 Å². The summed E-state index contributed by atoms with van der Waals surface area (Å²) in [5, 5.41) is 6.60. The van der Waals surface area contributed by atoms with E-state index in [1.807, 2.05) is 0 Å². The maximum atomic E-state index is 11.6. The summed E-state index contributed by atoms with van der Waals surface area (Å²) in [6.45, 7) is 2.30. The molecule has 0 radical (unpaired) electrons. The predicted molar refractivity (Wildman–Crippen MR) is 68.8 cm³/mol. The van der Waals surface area contributed by atoms with Gasteiger partial charge in [0.2, 0.25) is 5.78 Å². The number of halogens is 1. The molecule has 1 aromatic heterocycles. The second-order valence-corrected chi connectivity index (χ2v) is 4.18. The summed E-state index contributed by atoms with van der Waals surface area (Å²) >= 11 is 0. The fourth-order valence-electron chi connectivity index (χ4n) is 1.98. The summed E-state index contributed by atoms with van der Waals surface area (Å²) in [4.78, 5) is 11.6. The number of nitrogens with one attached hydrogen (secondary N) is 2. The van der Waals surface area contributed by atoms with Crippen molar-refractivity contribution >= 4 is 18.2 Å². The van der Waals surface area contributed by atoms with Crippen LogP contribution in [0.2, 0.25) is 0 Å². The highest BCUT2D eigenvalue weighted by Gasteiger charge is 2.13. The van der Waals surface area contributed by atoms with Gasteiger partial charge in [0, 0.05) is 12.6 Å². The van der Waals surface area contributed by atoms with Gasteiger partial charge in [0.15, 0.2) is 5.76 Å². The van der Waals surface area contributed by atoms with Crippen molar-refractivity contribution in [3.63, 3.8) is 0 Å². The van der Waals surface area contributed by atoms with Crippen molar-refractivity contribution in [3.05, 3.63) is 24.2 Å². The number of carbonyl (C=O) groups is 1. The summed E-state index contributed by atoms with van der Waals surface area (Å²) in [7, 11) is 0. The Kier molecular flexibility index (Phi) is 6.26. The molecule has 0 aliphatic carbocycles. The van der Waals surface area contributed by atoms with Crippen LogP contribution in [0.4, 0.5) is 0 Å². The molecule has 0 saturated carbocycles. The molecule has 1 fully saturated rings. The zero-order valence-corrected chi connectivity index (χ0v) is 10.6. The summed E-state index contributed by atoms with van der Waals surface area (Å²) in [5.74, 6) is 0.449. The molecule has 1 saturated heterocycles. The predicted octanol–water partition coefficient (Wildman–Crippen LogP) is 1.62. The van der Waals surface area contributed by atoms with E-state index in [1.54, 1.807) is 12.1 Å². The molecule has 2 N–H and O–H groups in total. The van der Waals surface area contributed by atoms with Crippen LogP contribution in [0.25, 0.3) is 0 Å². The van der Waals surface area contributed by atoms with Gasteiger partial charge in [-0.05, 0) is 31.5 Å². The van der Waals surface area contributed by atoms with Crippen molar-refractivity contribution in [1.29, 1.82) is 0 Å². The number of carbonyl (C=O) groups excluding carboxylic acids is 1. The van der Waals surface area contributed by atoms with E-state index in [0.717, 1.165) is 13.1 Å². The molecule has 0 amide bonds. The van der Waals surface area contributed by atoms with Gasteiger partial charge in [-0.1, -0.05) is 6.42 Å². The minimum Gasteiger partial charge on any atom is -0.461 e. The summed E-state index contributed by atoms with van der Waals surface area (Å²) in [5.41, 5.74) is 0. The highest BCUT2D eigenvalue weighted by molar-refractivity contribution is 5.94. The van der Waals surface area contributed by atoms with E-state index < -0.39 is 0 Å². The average Bonchev–Trinajstić information content (AvgIpc) is 2.84. The van der Waals surface area contributed by atoms with Gasteiger partial charge in [-0.2, -0.15) is 0 Å². The average molecular weight is 259 g/mol. The molecule has 0 aromatic carbocycles. The van der Waals surface area contributed by atoms with Crippen molar-refractivity contribution in [2.75, 3.05) is 19.6 Å². The fourth-order valence-corrected chi connectivity index (χ4v) is 1.98. The van der Waals surface area contributed by atoms with Gasteiger partial charge >= 0.3 is 0 Å². The molecule has 0 bridgehead atoms. The van der Waals surface area contributed by atoms with E-state index >= 15 is 0 Å². The molecule has 96 valence electrons. The normalized spacial score (nSPS) is 19.6. The maximum absolute atomic E-state index is 11.6. The van der Waals surface area contributed by atoms with E-state index in [0.29, 0.717) is 18.3 Å². The second-order valence-electron chi connectivity index (χ2n) is 4.18. The van der Waals surface area contributed by atoms with Crippen molar-refractivity contribution < 1.29 is 9.21 Å². The third kappa shape index (κ3) is 4.50. The van der Waals surface area contributed by atoms with Gasteiger partial charge in [0.25, 0.3) is 0 Å². The van der Waals surface area contributed by atoms with Crippen molar-refractivity contribution in [1.82, 2.24) is 10.6 Å². The second kappa shape index (κ2) is 7.48. The Morgan fingerprint density at radius 1 is 1.53 bits per heavy atom. The van der Waals surface area contributed by atoms with Crippen molar-refractivity contribution in [2.24, 2.45) is 0 Å². The highest BCUT2D eigenvalue weighted by Crippen LogP contribution is 2.06. The van der Waals surface area contributed by atoms with E-state index in [9.17, 15) is 4.79 Å². The lowest BCUT2D eigenvalue weighted by Gasteiger charge is -2.23. The first kappa shape index (κ1) is 14.2. The van der Waals surface area contributed by atoms with Crippen molar-refractivity contribution in [3.8, 4) is 0 Å². The lowest BCUT2D eigenvalue weighted by atomic mass is 10.1. The number of ketones is 1. The largest absolute Gasteiger partial charge is 0.461 e. The van der Waals surface area contributed by atoms with Gasteiger partial charge in [-0.15, -0.1) is 12.4 Å². The first-order valence-corrected chi connectivity index (χ1v) is 5.87. The van der Waals surface area contributed by atoms with E-state index in [2.05, 4.69) is 10.6 Å². The van der Waals surface area contributed by atoms with Crippen LogP contribution in [0, 0.1) is 0 Å². The van der Waals surface area contributed by atoms with Crippen LogP contribution in [-0.4, -0.2) is 31.5 Å². The molecule has 1 atom stereocenters. The van der Waals surface area contributed by atoms with Gasteiger partial charge in [0.1, 0.15) is 0 Å². The molecule has 4 nitrogen and oxygen atoms in total. The van der Waals surface area contributed by atoms with Crippen LogP contribution in [0.3, 0.4) is 0 Å². The monoisotopic (exact) mass is 258 g/mol. The third-order valence-corrected chi connectivity index (χ3v) is 2.88. The zero-order chi connectivity index (χ0) is 11.2. The Hall–Kier alpha value is -0.840.